The van der Waals surface area contributed by atoms with E-state index in [2.05, 4.69) is 20.8 Å². The minimum atomic E-state index is -0.323. The molecule has 0 fully saturated rings. The van der Waals surface area contributed by atoms with E-state index in [0.29, 0.717) is 22.8 Å². The number of benzene rings is 2. The Kier molecular flexibility index (Phi) is 6.40. The fourth-order valence-electron chi connectivity index (χ4n) is 2.53. The van der Waals surface area contributed by atoms with Gasteiger partial charge in [0.2, 0.25) is 17.7 Å². The zero-order valence-corrected chi connectivity index (χ0v) is 16.6. The summed E-state index contributed by atoms with van der Waals surface area (Å²) in [5, 5.41) is 13.5. The summed E-state index contributed by atoms with van der Waals surface area (Å²) < 4.78 is 5.58. The van der Waals surface area contributed by atoms with Crippen LogP contribution in [0, 0.1) is 0 Å². The first-order valence-corrected chi connectivity index (χ1v) is 9.65. The molecule has 3 rings (SSSR count). The van der Waals surface area contributed by atoms with Crippen LogP contribution in [0.15, 0.2) is 58.2 Å². The molecular formula is C20H18N4O4S. The van der Waals surface area contributed by atoms with Gasteiger partial charge in [0.1, 0.15) is 0 Å². The van der Waals surface area contributed by atoms with Crippen LogP contribution in [0.1, 0.15) is 24.2 Å². The molecule has 2 amide bonds. The van der Waals surface area contributed by atoms with E-state index in [1.165, 1.54) is 13.8 Å². The van der Waals surface area contributed by atoms with Crippen LogP contribution >= 0.6 is 11.8 Å². The summed E-state index contributed by atoms with van der Waals surface area (Å²) in [6.07, 6.45) is 0. The Labute approximate surface area is 171 Å². The largest absolute Gasteiger partial charge is 0.411 e. The van der Waals surface area contributed by atoms with Gasteiger partial charge in [0.05, 0.1) is 11.4 Å². The summed E-state index contributed by atoms with van der Waals surface area (Å²) >= 11 is 1.11. The fraction of sp³-hybridized carbons (Fsp3) is 0.150. The van der Waals surface area contributed by atoms with Gasteiger partial charge in [-0.2, -0.15) is 0 Å². The van der Waals surface area contributed by atoms with Gasteiger partial charge in [0.15, 0.2) is 5.78 Å². The van der Waals surface area contributed by atoms with Gasteiger partial charge in [0.25, 0.3) is 5.22 Å². The van der Waals surface area contributed by atoms with Crippen LogP contribution in [0.5, 0.6) is 0 Å². The quantitative estimate of drug-likeness (QED) is 0.451. The van der Waals surface area contributed by atoms with Crippen molar-refractivity contribution in [3.8, 4) is 11.5 Å². The Morgan fingerprint density at radius 3 is 2.38 bits per heavy atom. The maximum atomic E-state index is 12.7. The van der Waals surface area contributed by atoms with Crippen LogP contribution in [-0.4, -0.2) is 33.5 Å². The molecule has 0 aliphatic rings. The average molecular weight is 410 g/mol. The van der Waals surface area contributed by atoms with Crippen molar-refractivity contribution < 1.29 is 18.8 Å². The SMILES string of the molecule is CC(=O)Nc1ccc(C(=O)CSc2nnc(-c3ccccc3)o2)c(NC(C)=O)c1. The molecule has 0 aliphatic heterocycles. The molecule has 3 aromatic rings. The minimum Gasteiger partial charge on any atom is -0.411 e. The van der Waals surface area contributed by atoms with E-state index in [0.717, 1.165) is 17.3 Å². The third-order valence-electron chi connectivity index (χ3n) is 3.70. The second-order valence-electron chi connectivity index (χ2n) is 6.07. The highest BCUT2D eigenvalue weighted by molar-refractivity contribution is 7.99. The van der Waals surface area contributed by atoms with E-state index < -0.39 is 0 Å². The zero-order chi connectivity index (χ0) is 20.8. The number of ketones is 1. The number of hydrogen-bond acceptors (Lipinski definition) is 7. The third kappa shape index (κ3) is 5.52. The highest BCUT2D eigenvalue weighted by Crippen LogP contribution is 2.26. The van der Waals surface area contributed by atoms with E-state index >= 15 is 0 Å². The first kappa shape index (κ1) is 20.3. The van der Waals surface area contributed by atoms with E-state index in [4.69, 9.17) is 4.42 Å². The number of Topliss-reactive ketones (excluding diaryl/α,β-unsaturated/α-hetero) is 1. The molecule has 0 radical (unpaired) electrons. The van der Waals surface area contributed by atoms with Crippen molar-refractivity contribution in [2.75, 3.05) is 16.4 Å². The predicted octanol–water partition coefficient (Wildman–Crippen LogP) is 3.63. The van der Waals surface area contributed by atoms with Crippen LogP contribution < -0.4 is 10.6 Å². The molecular weight excluding hydrogens is 392 g/mol. The standard InChI is InChI=1S/C20H18N4O4S/c1-12(25)21-15-8-9-16(17(10-15)22-13(2)26)18(27)11-29-20-24-23-19(28-20)14-6-4-3-5-7-14/h3-10H,11H2,1-2H3,(H,21,25)(H,22,26). The van der Waals surface area contributed by atoms with Gasteiger partial charge in [-0.05, 0) is 30.3 Å². The third-order valence-corrected chi connectivity index (χ3v) is 4.52. The first-order valence-electron chi connectivity index (χ1n) is 8.66. The number of nitrogens with zero attached hydrogens (tertiary/aromatic N) is 2. The van der Waals surface area contributed by atoms with Crippen molar-refractivity contribution in [1.29, 1.82) is 0 Å². The lowest BCUT2D eigenvalue weighted by Gasteiger charge is -2.11. The number of amides is 2. The summed E-state index contributed by atoms with van der Waals surface area (Å²) in [4.78, 5) is 35.4. The highest BCUT2D eigenvalue weighted by Gasteiger charge is 2.16. The number of rotatable bonds is 7. The lowest BCUT2D eigenvalue weighted by atomic mass is 10.1. The van der Waals surface area contributed by atoms with E-state index in [1.54, 1.807) is 18.2 Å². The Bertz CT molecular complexity index is 1050. The molecule has 0 unspecified atom stereocenters. The molecule has 2 aromatic carbocycles. The van der Waals surface area contributed by atoms with Crippen molar-refractivity contribution in [1.82, 2.24) is 10.2 Å². The Balaban J connectivity index is 1.72. The van der Waals surface area contributed by atoms with Crippen LogP contribution in [0.3, 0.4) is 0 Å². The normalized spacial score (nSPS) is 10.4. The van der Waals surface area contributed by atoms with Gasteiger partial charge in [-0.25, -0.2) is 0 Å². The van der Waals surface area contributed by atoms with E-state index in [1.807, 2.05) is 30.3 Å². The maximum absolute atomic E-state index is 12.7. The number of anilines is 2. The summed E-state index contributed by atoms with van der Waals surface area (Å²) in [6, 6.07) is 14.0. The van der Waals surface area contributed by atoms with Gasteiger partial charge in [-0.1, -0.05) is 30.0 Å². The Hall–Kier alpha value is -3.46. The molecule has 0 spiro atoms. The summed E-state index contributed by atoms with van der Waals surface area (Å²) in [7, 11) is 0. The minimum absolute atomic E-state index is 0.0441. The molecule has 8 nitrogen and oxygen atoms in total. The molecule has 0 saturated carbocycles. The van der Waals surface area contributed by atoms with Crippen LogP contribution in [0.25, 0.3) is 11.5 Å². The molecule has 1 aromatic heterocycles. The second-order valence-corrected chi connectivity index (χ2v) is 7.00. The topological polar surface area (TPSA) is 114 Å². The molecule has 0 atom stereocenters. The number of carbonyl (C=O) groups is 3. The number of carbonyl (C=O) groups excluding carboxylic acids is 3. The second kappa shape index (κ2) is 9.16. The Morgan fingerprint density at radius 2 is 1.69 bits per heavy atom. The van der Waals surface area contributed by atoms with E-state index in [-0.39, 0.29) is 28.6 Å². The summed E-state index contributed by atoms with van der Waals surface area (Å²) in [6.45, 7) is 2.72. The molecule has 148 valence electrons. The molecule has 0 bridgehead atoms. The van der Waals surface area contributed by atoms with Crippen molar-refractivity contribution in [3.63, 3.8) is 0 Å². The molecule has 29 heavy (non-hydrogen) atoms. The maximum Gasteiger partial charge on any atom is 0.277 e. The highest BCUT2D eigenvalue weighted by atomic mass is 32.2. The molecule has 0 aliphatic carbocycles. The zero-order valence-electron chi connectivity index (χ0n) is 15.8. The smallest absolute Gasteiger partial charge is 0.277 e. The van der Waals surface area contributed by atoms with Gasteiger partial charge >= 0.3 is 0 Å². The lowest BCUT2D eigenvalue weighted by molar-refractivity contribution is -0.115. The molecule has 9 heteroatoms. The monoisotopic (exact) mass is 410 g/mol. The number of nitrogens with one attached hydrogen (secondary N) is 2. The van der Waals surface area contributed by atoms with Crippen molar-refractivity contribution in [2.45, 2.75) is 19.1 Å². The number of hydrogen-bond donors (Lipinski definition) is 2. The first-order chi connectivity index (χ1) is 13.9. The van der Waals surface area contributed by atoms with Crippen LogP contribution in [-0.2, 0) is 9.59 Å². The van der Waals surface area contributed by atoms with E-state index in [9.17, 15) is 14.4 Å². The van der Waals surface area contributed by atoms with Crippen LogP contribution in [0.2, 0.25) is 0 Å². The van der Waals surface area contributed by atoms with Gasteiger partial charge in [-0.3, -0.25) is 14.4 Å². The summed E-state index contributed by atoms with van der Waals surface area (Å²) in [5.74, 6) is -0.385. The average Bonchev–Trinajstić information content (AvgIpc) is 3.15. The van der Waals surface area contributed by atoms with Gasteiger partial charge in [0, 0.05) is 30.7 Å². The van der Waals surface area contributed by atoms with Crippen molar-refractivity contribution in [2.24, 2.45) is 0 Å². The molecule has 0 saturated heterocycles. The number of thioether (sulfide) groups is 1. The van der Waals surface area contributed by atoms with Crippen LogP contribution in [0.4, 0.5) is 11.4 Å². The Morgan fingerprint density at radius 1 is 0.966 bits per heavy atom. The predicted molar refractivity (Wildman–Crippen MR) is 110 cm³/mol. The summed E-state index contributed by atoms with van der Waals surface area (Å²) in [5.41, 5.74) is 1.92. The fourth-order valence-corrected chi connectivity index (χ4v) is 3.18. The van der Waals surface area contributed by atoms with Crippen molar-refractivity contribution >= 4 is 40.7 Å². The van der Waals surface area contributed by atoms with Gasteiger partial charge < -0.3 is 15.1 Å². The molecule has 2 N–H and O–H groups in total. The number of aromatic nitrogens is 2. The lowest BCUT2D eigenvalue weighted by Crippen LogP contribution is -2.14. The molecule has 1 heterocycles. The van der Waals surface area contributed by atoms with Gasteiger partial charge in [-0.15, -0.1) is 10.2 Å². The van der Waals surface area contributed by atoms with Crippen molar-refractivity contribution in [3.05, 3.63) is 54.1 Å².